The molecule has 0 nitrogen and oxygen atoms in total. The first-order valence-electron chi connectivity index (χ1n) is 5.68. The molecule has 0 aliphatic rings. The SMILES string of the molecule is SCCC(Cl)(c1ccccc1)c1ccccc1. The Kier molecular flexibility index (Phi) is 4.14. The van der Waals surface area contributed by atoms with Gasteiger partial charge in [0.1, 0.15) is 0 Å². The van der Waals surface area contributed by atoms with Gasteiger partial charge in [-0.2, -0.15) is 12.6 Å². The van der Waals surface area contributed by atoms with Gasteiger partial charge in [0.25, 0.3) is 0 Å². The highest BCUT2D eigenvalue weighted by atomic mass is 35.5. The summed E-state index contributed by atoms with van der Waals surface area (Å²) in [5, 5.41) is 0. The number of halogens is 1. The van der Waals surface area contributed by atoms with Crippen molar-refractivity contribution in [3.05, 3.63) is 71.8 Å². The third-order valence-electron chi connectivity index (χ3n) is 2.92. The van der Waals surface area contributed by atoms with Gasteiger partial charge in [0.2, 0.25) is 0 Å². The standard InChI is InChI=1S/C15H15ClS/c16-15(11-12-17,13-7-3-1-4-8-13)14-9-5-2-6-10-14/h1-10,17H,11-12H2. The van der Waals surface area contributed by atoms with Crippen molar-refractivity contribution in [2.45, 2.75) is 11.3 Å². The van der Waals surface area contributed by atoms with Crippen LogP contribution in [0.2, 0.25) is 0 Å². The van der Waals surface area contributed by atoms with Gasteiger partial charge in [0.05, 0.1) is 4.87 Å². The molecule has 0 bridgehead atoms. The predicted octanol–water partition coefficient (Wildman–Crippen LogP) is 4.49. The van der Waals surface area contributed by atoms with Gasteiger partial charge in [-0.05, 0) is 23.3 Å². The van der Waals surface area contributed by atoms with Gasteiger partial charge in [-0.25, -0.2) is 0 Å². The molecule has 0 aliphatic heterocycles. The number of benzene rings is 2. The van der Waals surface area contributed by atoms with E-state index >= 15 is 0 Å². The summed E-state index contributed by atoms with van der Waals surface area (Å²) >= 11 is 11.2. The molecule has 0 amide bonds. The molecular formula is C15H15ClS. The Balaban J connectivity index is 2.47. The van der Waals surface area contributed by atoms with Gasteiger partial charge < -0.3 is 0 Å². The molecule has 0 atom stereocenters. The molecule has 0 spiro atoms. The van der Waals surface area contributed by atoms with Crippen molar-refractivity contribution in [3.63, 3.8) is 0 Å². The molecule has 17 heavy (non-hydrogen) atoms. The van der Waals surface area contributed by atoms with Crippen LogP contribution in [0.4, 0.5) is 0 Å². The molecule has 0 saturated heterocycles. The summed E-state index contributed by atoms with van der Waals surface area (Å²) in [5.41, 5.74) is 2.25. The Morgan fingerprint density at radius 2 is 1.24 bits per heavy atom. The molecule has 0 aromatic heterocycles. The van der Waals surface area contributed by atoms with Gasteiger partial charge in [-0.1, -0.05) is 60.7 Å². The fourth-order valence-electron chi connectivity index (χ4n) is 2.01. The van der Waals surface area contributed by atoms with Gasteiger partial charge in [-0.15, -0.1) is 11.6 Å². The highest BCUT2D eigenvalue weighted by Crippen LogP contribution is 2.39. The van der Waals surface area contributed by atoms with E-state index in [0.29, 0.717) is 0 Å². The minimum absolute atomic E-state index is 0.468. The quantitative estimate of drug-likeness (QED) is 0.609. The van der Waals surface area contributed by atoms with E-state index in [1.165, 1.54) is 0 Å². The maximum absolute atomic E-state index is 6.84. The molecule has 0 aliphatic carbocycles. The van der Waals surface area contributed by atoms with Gasteiger partial charge in [0, 0.05) is 0 Å². The summed E-state index contributed by atoms with van der Waals surface area (Å²) in [7, 11) is 0. The molecule has 0 heterocycles. The van der Waals surface area contributed by atoms with E-state index in [9.17, 15) is 0 Å². The zero-order chi connectivity index (χ0) is 12.1. The van der Waals surface area contributed by atoms with Crippen LogP contribution in [-0.4, -0.2) is 5.75 Å². The average molecular weight is 263 g/mol. The van der Waals surface area contributed by atoms with E-state index in [-0.39, 0.29) is 0 Å². The second kappa shape index (κ2) is 5.61. The van der Waals surface area contributed by atoms with Gasteiger partial charge >= 0.3 is 0 Å². The molecule has 0 unspecified atom stereocenters. The van der Waals surface area contributed by atoms with Crippen molar-refractivity contribution in [1.82, 2.24) is 0 Å². The van der Waals surface area contributed by atoms with E-state index in [1.54, 1.807) is 0 Å². The molecule has 0 radical (unpaired) electrons. The van der Waals surface area contributed by atoms with Gasteiger partial charge in [0.15, 0.2) is 0 Å². The molecule has 88 valence electrons. The van der Waals surface area contributed by atoms with E-state index in [4.69, 9.17) is 11.6 Å². The molecule has 0 fully saturated rings. The molecule has 2 heteroatoms. The number of alkyl halides is 1. The lowest BCUT2D eigenvalue weighted by Crippen LogP contribution is -2.21. The molecule has 2 rings (SSSR count). The van der Waals surface area contributed by atoms with Crippen molar-refractivity contribution in [3.8, 4) is 0 Å². The first kappa shape index (κ1) is 12.5. The number of hydrogen-bond acceptors (Lipinski definition) is 1. The van der Waals surface area contributed by atoms with Gasteiger partial charge in [-0.3, -0.25) is 0 Å². The first-order valence-corrected chi connectivity index (χ1v) is 6.69. The Hall–Kier alpha value is -0.920. The summed E-state index contributed by atoms with van der Waals surface area (Å²) in [4.78, 5) is -0.468. The molecule has 0 saturated carbocycles. The van der Waals surface area contributed by atoms with Crippen LogP contribution in [0.5, 0.6) is 0 Å². The summed E-state index contributed by atoms with van der Waals surface area (Å²) in [5.74, 6) is 0.757. The fourth-order valence-corrected chi connectivity index (χ4v) is 2.83. The van der Waals surface area contributed by atoms with E-state index in [2.05, 4.69) is 36.9 Å². The topological polar surface area (TPSA) is 0 Å². The fraction of sp³-hybridized carbons (Fsp3) is 0.200. The zero-order valence-electron chi connectivity index (χ0n) is 9.51. The second-order valence-electron chi connectivity index (χ2n) is 4.01. The predicted molar refractivity (Wildman–Crippen MR) is 78.0 cm³/mol. The number of hydrogen-bond donors (Lipinski definition) is 1. The monoisotopic (exact) mass is 262 g/mol. The van der Waals surface area contributed by atoms with Crippen molar-refractivity contribution in [2.75, 3.05) is 5.75 Å². The van der Waals surface area contributed by atoms with E-state index in [1.807, 2.05) is 36.4 Å². The minimum Gasteiger partial charge on any atom is -0.179 e. The van der Waals surface area contributed by atoms with Crippen LogP contribution in [-0.2, 0) is 4.87 Å². The van der Waals surface area contributed by atoms with Crippen molar-refractivity contribution in [1.29, 1.82) is 0 Å². The Morgan fingerprint density at radius 3 is 1.59 bits per heavy atom. The molecule has 2 aromatic rings. The molecule has 2 aromatic carbocycles. The third kappa shape index (κ3) is 2.67. The van der Waals surface area contributed by atoms with E-state index < -0.39 is 4.87 Å². The maximum atomic E-state index is 6.84. The summed E-state index contributed by atoms with van der Waals surface area (Å²) in [6.07, 6.45) is 0.811. The normalized spacial score (nSPS) is 11.4. The van der Waals surface area contributed by atoms with Crippen molar-refractivity contribution in [2.24, 2.45) is 0 Å². The lowest BCUT2D eigenvalue weighted by atomic mass is 9.88. The molecule has 0 N–H and O–H groups in total. The zero-order valence-corrected chi connectivity index (χ0v) is 11.2. The van der Waals surface area contributed by atoms with Crippen LogP contribution in [0.3, 0.4) is 0 Å². The smallest absolute Gasteiger partial charge is 0.0951 e. The minimum atomic E-state index is -0.468. The Bertz CT molecular complexity index is 413. The third-order valence-corrected chi connectivity index (χ3v) is 3.77. The average Bonchev–Trinajstić information content (AvgIpc) is 2.41. The number of rotatable bonds is 4. The summed E-state index contributed by atoms with van der Waals surface area (Å²) in [6, 6.07) is 20.4. The van der Waals surface area contributed by atoms with Crippen LogP contribution >= 0.6 is 24.2 Å². The first-order chi connectivity index (χ1) is 8.27. The van der Waals surface area contributed by atoms with Crippen LogP contribution in [0.25, 0.3) is 0 Å². The maximum Gasteiger partial charge on any atom is 0.0951 e. The van der Waals surface area contributed by atoms with Crippen molar-refractivity contribution < 1.29 is 0 Å². The molecular weight excluding hydrogens is 248 g/mol. The summed E-state index contributed by atoms with van der Waals surface area (Å²) < 4.78 is 0. The van der Waals surface area contributed by atoms with E-state index in [0.717, 1.165) is 23.3 Å². The lowest BCUT2D eigenvalue weighted by molar-refractivity contribution is 0.704. The van der Waals surface area contributed by atoms with Crippen LogP contribution in [0.1, 0.15) is 17.5 Å². The number of thiol groups is 1. The van der Waals surface area contributed by atoms with Crippen LogP contribution in [0.15, 0.2) is 60.7 Å². The van der Waals surface area contributed by atoms with Crippen LogP contribution in [0, 0.1) is 0 Å². The Labute approximate surface area is 113 Å². The van der Waals surface area contributed by atoms with Crippen molar-refractivity contribution >= 4 is 24.2 Å². The largest absolute Gasteiger partial charge is 0.179 e. The van der Waals surface area contributed by atoms with Crippen LogP contribution < -0.4 is 0 Å². The lowest BCUT2D eigenvalue weighted by Gasteiger charge is -2.27. The second-order valence-corrected chi connectivity index (χ2v) is 5.10. The Morgan fingerprint density at radius 1 is 0.824 bits per heavy atom. The highest BCUT2D eigenvalue weighted by Gasteiger charge is 2.30. The highest BCUT2D eigenvalue weighted by molar-refractivity contribution is 7.80. The summed E-state index contributed by atoms with van der Waals surface area (Å²) in [6.45, 7) is 0.